The van der Waals surface area contributed by atoms with Gasteiger partial charge >= 0.3 is 19.2 Å². The molecule has 208 valence electrons. The van der Waals surface area contributed by atoms with Crippen molar-refractivity contribution < 1.29 is 33.0 Å². The number of nitrogens with zero attached hydrogens (tertiary/aromatic N) is 2. The predicted octanol–water partition coefficient (Wildman–Crippen LogP) is 8.54. The maximum Gasteiger partial charge on any atom is 0.399 e. The fraction of sp³-hybridized carbons (Fsp3) is 0.0769. The SMILES string of the molecule is O=C(O)C=Cc1ccc(-c2csc(N(Cc3ccc(C(F)(F)P(=O)(O)O)c(Br)c3)c3ccc(Cl)c(Cl)c3)n2)cc1. The van der Waals surface area contributed by atoms with Crippen LogP contribution in [0.4, 0.5) is 19.6 Å². The van der Waals surface area contributed by atoms with E-state index >= 15 is 0 Å². The summed E-state index contributed by atoms with van der Waals surface area (Å²) in [5.74, 6) is -1.05. The number of carboxylic acids is 1. The molecule has 3 aromatic carbocycles. The third-order valence-electron chi connectivity index (χ3n) is 5.63. The Hall–Kier alpha value is -2.63. The average Bonchev–Trinajstić information content (AvgIpc) is 3.37. The van der Waals surface area contributed by atoms with E-state index in [0.29, 0.717) is 37.7 Å². The van der Waals surface area contributed by atoms with Gasteiger partial charge in [0.05, 0.1) is 22.3 Å². The molecule has 0 aliphatic heterocycles. The molecule has 0 atom stereocenters. The van der Waals surface area contributed by atoms with Gasteiger partial charge in [0, 0.05) is 32.7 Å². The Morgan fingerprint density at radius 2 is 1.77 bits per heavy atom. The molecule has 14 heteroatoms. The number of carboxylic acid groups (broad SMARTS) is 1. The maximum atomic E-state index is 14.3. The number of halogens is 5. The van der Waals surface area contributed by atoms with Crippen LogP contribution in [-0.4, -0.2) is 25.8 Å². The van der Waals surface area contributed by atoms with Crippen molar-refractivity contribution in [1.29, 1.82) is 0 Å². The van der Waals surface area contributed by atoms with E-state index < -0.39 is 24.8 Å². The summed E-state index contributed by atoms with van der Waals surface area (Å²) in [4.78, 5) is 35.5. The smallest absolute Gasteiger partial charge is 0.399 e. The van der Waals surface area contributed by atoms with Crippen molar-refractivity contribution >= 4 is 80.9 Å². The quantitative estimate of drug-likeness (QED) is 0.119. The summed E-state index contributed by atoms with van der Waals surface area (Å²) < 4.78 is 39.8. The predicted molar refractivity (Wildman–Crippen MR) is 157 cm³/mol. The molecule has 3 N–H and O–H groups in total. The van der Waals surface area contributed by atoms with E-state index in [1.807, 2.05) is 5.38 Å². The first-order valence-electron chi connectivity index (χ1n) is 11.2. The summed E-state index contributed by atoms with van der Waals surface area (Å²) in [6, 6.07) is 15.8. The summed E-state index contributed by atoms with van der Waals surface area (Å²) in [5, 5.41) is 11.8. The Morgan fingerprint density at radius 3 is 2.38 bits per heavy atom. The topological polar surface area (TPSA) is 111 Å². The van der Waals surface area contributed by atoms with Crippen molar-refractivity contribution in [1.82, 2.24) is 4.98 Å². The van der Waals surface area contributed by atoms with Crippen LogP contribution in [0.15, 0.2) is 76.6 Å². The van der Waals surface area contributed by atoms with Gasteiger partial charge in [0.1, 0.15) is 0 Å². The van der Waals surface area contributed by atoms with Crippen LogP contribution < -0.4 is 4.90 Å². The number of alkyl halides is 2. The second-order valence-corrected chi connectivity index (χ2v) is 12.5. The number of anilines is 2. The number of hydrogen-bond donors (Lipinski definition) is 3. The second-order valence-electron chi connectivity index (χ2n) is 8.39. The summed E-state index contributed by atoms with van der Waals surface area (Å²) >= 11 is 16.7. The lowest BCUT2D eigenvalue weighted by Gasteiger charge is -2.24. The molecule has 0 unspecified atom stereocenters. The highest BCUT2D eigenvalue weighted by Crippen LogP contribution is 2.60. The molecule has 4 rings (SSSR count). The number of hydrogen-bond acceptors (Lipinski definition) is 5. The molecule has 0 aliphatic rings. The lowest BCUT2D eigenvalue weighted by atomic mass is 10.1. The first-order chi connectivity index (χ1) is 18.8. The van der Waals surface area contributed by atoms with Crippen LogP contribution >= 0.6 is 58.1 Å². The standard InChI is InChI=1S/C26H18BrCl2F2N2O5PS/c27-20-11-16(3-8-19(20)26(30,31)39(36,37)38)13-33(18-7-9-21(28)22(29)12-18)25-32-23(14-40-25)17-5-1-15(2-6-17)4-10-24(34)35/h1-12,14H,13H2,(H,34,35)(H2,36,37,38). The van der Waals surface area contributed by atoms with Gasteiger partial charge in [-0.15, -0.1) is 11.3 Å². The molecule has 7 nitrogen and oxygen atoms in total. The zero-order chi connectivity index (χ0) is 29.2. The van der Waals surface area contributed by atoms with Crippen molar-refractivity contribution in [2.24, 2.45) is 0 Å². The summed E-state index contributed by atoms with van der Waals surface area (Å²) in [5.41, 5.74) is -1.90. The van der Waals surface area contributed by atoms with Gasteiger partial charge in [-0.3, -0.25) is 4.57 Å². The number of aliphatic carboxylic acids is 1. The summed E-state index contributed by atoms with van der Waals surface area (Å²) in [6.45, 7) is 0.143. The van der Waals surface area contributed by atoms with Gasteiger partial charge in [-0.05, 0) is 41.5 Å². The van der Waals surface area contributed by atoms with E-state index in [9.17, 15) is 18.1 Å². The van der Waals surface area contributed by atoms with Crippen molar-refractivity contribution in [2.75, 3.05) is 4.90 Å². The minimum Gasteiger partial charge on any atom is -0.478 e. The van der Waals surface area contributed by atoms with Gasteiger partial charge in [-0.2, -0.15) is 8.78 Å². The Morgan fingerprint density at radius 1 is 1.07 bits per heavy atom. The number of carbonyl (C=O) groups is 1. The highest BCUT2D eigenvalue weighted by molar-refractivity contribution is 9.10. The lowest BCUT2D eigenvalue weighted by molar-refractivity contribution is -0.131. The monoisotopic (exact) mass is 688 g/mol. The minimum absolute atomic E-state index is 0.143. The van der Waals surface area contributed by atoms with Crippen molar-refractivity contribution in [3.63, 3.8) is 0 Å². The van der Waals surface area contributed by atoms with Gasteiger partial charge in [0.2, 0.25) is 0 Å². The number of rotatable bonds is 9. The molecule has 0 fully saturated rings. The molecule has 0 spiro atoms. The van der Waals surface area contributed by atoms with Crippen molar-refractivity contribution in [3.8, 4) is 11.3 Å². The lowest BCUT2D eigenvalue weighted by Crippen LogP contribution is -2.18. The Kier molecular flexibility index (Phi) is 9.16. The molecule has 40 heavy (non-hydrogen) atoms. The molecule has 0 amide bonds. The highest BCUT2D eigenvalue weighted by Gasteiger charge is 2.51. The van der Waals surface area contributed by atoms with E-state index in [-0.39, 0.29) is 11.0 Å². The zero-order valence-corrected chi connectivity index (χ0v) is 24.8. The van der Waals surface area contributed by atoms with Gasteiger partial charge in [0.15, 0.2) is 5.13 Å². The Bertz CT molecular complexity index is 1650. The molecule has 1 aromatic heterocycles. The number of benzene rings is 3. The van der Waals surface area contributed by atoms with Crippen LogP contribution in [0.25, 0.3) is 17.3 Å². The van der Waals surface area contributed by atoms with Crippen LogP contribution in [0.2, 0.25) is 10.0 Å². The number of thiazole rings is 1. The minimum atomic E-state index is -5.74. The highest BCUT2D eigenvalue weighted by atomic mass is 79.9. The third kappa shape index (κ3) is 6.80. The van der Waals surface area contributed by atoms with Gasteiger partial charge < -0.3 is 19.8 Å². The first kappa shape index (κ1) is 30.3. The molecule has 0 saturated carbocycles. The molecular weight excluding hydrogens is 672 g/mol. The molecule has 0 radical (unpaired) electrons. The van der Waals surface area contributed by atoms with E-state index in [1.165, 1.54) is 29.5 Å². The average molecular weight is 690 g/mol. The Labute approximate surface area is 249 Å². The maximum absolute atomic E-state index is 14.3. The van der Waals surface area contributed by atoms with Gasteiger partial charge in [-0.25, -0.2) is 9.78 Å². The van der Waals surface area contributed by atoms with Gasteiger partial charge in [-0.1, -0.05) is 75.5 Å². The fourth-order valence-electron chi connectivity index (χ4n) is 3.62. The Balaban J connectivity index is 1.69. The van der Waals surface area contributed by atoms with Crippen LogP contribution in [0.1, 0.15) is 16.7 Å². The van der Waals surface area contributed by atoms with E-state index in [4.69, 9.17) is 43.1 Å². The molecule has 0 bridgehead atoms. The zero-order valence-electron chi connectivity index (χ0n) is 20.0. The normalized spacial score (nSPS) is 12.2. The molecule has 4 aromatic rings. The summed E-state index contributed by atoms with van der Waals surface area (Å²) in [7, 11) is -5.74. The van der Waals surface area contributed by atoms with Crippen LogP contribution in [0, 0.1) is 0 Å². The van der Waals surface area contributed by atoms with E-state index in [2.05, 4.69) is 15.9 Å². The second kappa shape index (κ2) is 12.1. The third-order valence-corrected chi connectivity index (χ3v) is 8.86. The molecule has 1 heterocycles. The van der Waals surface area contributed by atoms with Crippen LogP contribution in [0.5, 0.6) is 0 Å². The van der Waals surface area contributed by atoms with Crippen molar-refractivity contribution in [3.05, 3.63) is 103 Å². The van der Waals surface area contributed by atoms with Crippen molar-refractivity contribution in [2.45, 2.75) is 12.2 Å². The van der Waals surface area contributed by atoms with Gasteiger partial charge in [0.25, 0.3) is 0 Å². The molecular formula is C26H18BrCl2F2N2O5PS. The molecule has 0 saturated heterocycles. The van der Waals surface area contributed by atoms with E-state index in [1.54, 1.807) is 47.4 Å². The van der Waals surface area contributed by atoms with E-state index in [0.717, 1.165) is 17.7 Å². The molecule has 0 aliphatic carbocycles. The van der Waals surface area contributed by atoms with Crippen LogP contribution in [0.3, 0.4) is 0 Å². The fourth-order valence-corrected chi connectivity index (χ4v) is 6.10. The summed E-state index contributed by atoms with van der Waals surface area (Å²) in [6.07, 6.45) is 2.52. The first-order valence-corrected chi connectivity index (χ1v) is 15.2. The van der Waals surface area contributed by atoms with Crippen LogP contribution in [-0.2, 0) is 21.6 Å². The largest absolute Gasteiger partial charge is 0.478 e. The number of aromatic nitrogens is 1.